The number of hydrogen-bond donors (Lipinski definition) is 1. The summed E-state index contributed by atoms with van der Waals surface area (Å²) in [6.07, 6.45) is 0.252. The molecule has 1 rings (SSSR count). The molecule has 0 saturated heterocycles. The van der Waals surface area contributed by atoms with E-state index in [1.807, 2.05) is 5.32 Å². The zero-order valence-corrected chi connectivity index (χ0v) is 6.36. The van der Waals surface area contributed by atoms with E-state index in [-0.39, 0.29) is 12.1 Å². The predicted octanol–water partition coefficient (Wildman–Crippen LogP) is 1.30. The molecule has 1 amide bonds. The molecule has 0 fully saturated rings. The van der Waals surface area contributed by atoms with Crippen LogP contribution in [0.25, 0.3) is 0 Å². The molecule has 1 aromatic carbocycles. The molecule has 0 aliphatic carbocycles. The van der Waals surface area contributed by atoms with E-state index < -0.39 is 16.4 Å². The molecule has 13 heavy (non-hydrogen) atoms. The first-order valence-electron chi connectivity index (χ1n) is 3.30. The van der Waals surface area contributed by atoms with Gasteiger partial charge in [0.2, 0.25) is 12.2 Å². The summed E-state index contributed by atoms with van der Waals surface area (Å²) in [7, 11) is 0. The normalized spacial score (nSPS) is 9.31. The zero-order valence-electron chi connectivity index (χ0n) is 6.36. The summed E-state index contributed by atoms with van der Waals surface area (Å²) >= 11 is 0. The first-order chi connectivity index (χ1) is 6.16. The van der Waals surface area contributed by atoms with Gasteiger partial charge in [0, 0.05) is 0 Å². The van der Waals surface area contributed by atoms with Crippen LogP contribution in [0, 0.1) is 15.9 Å². The largest absolute Gasteiger partial charge is 0.328 e. The highest BCUT2D eigenvalue weighted by Gasteiger charge is 2.18. The van der Waals surface area contributed by atoms with Gasteiger partial charge in [-0.05, 0) is 12.1 Å². The average Bonchev–Trinajstić information content (AvgIpc) is 2.04. The summed E-state index contributed by atoms with van der Waals surface area (Å²) in [5.74, 6) is -0.975. The van der Waals surface area contributed by atoms with Crippen LogP contribution in [0.3, 0.4) is 0 Å². The monoisotopic (exact) mass is 184 g/mol. The minimum Gasteiger partial charge on any atom is -0.323 e. The quantitative estimate of drug-likeness (QED) is 0.437. The Kier molecular flexibility index (Phi) is 2.53. The van der Waals surface area contributed by atoms with Crippen LogP contribution in [0.4, 0.5) is 15.8 Å². The van der Waals surface area contributed by atoms with Crippen molar-refractivity contribution in [1.82, 2.24) is 0 Å². The van der Waals surface area contributed by atoms with Crippen molar-refractivity contribution in [1.29, 1.82) is 0 Å². The minimum atomic E-state index is -0.975. The van der Waals surface area contributed by atoms with E-state index in [0.717, 1.165) is 6.07 Å². The van der Waals surface area contributed by atoms with E-state index in [4.69, 9.17) is 0 Å². The molecule has 0 unspecified atom stereocenters. The number of halogens is 1. The van der Waals surface area contributed by atoms with Crippen molar-refractivity contribution in [2.24, 2.45) is 0 Å². The Morgan fingerprint density at radius 3 is 2.77 bits per heavy atom. The molecule has 0 aliphatic rings. The van der Waals surface area contributed by atoms with Crippen molar-refractivity contribution in [3.05, 3.63) is 34.1 Å². The van der Waals surface area contributed by atoms with Crippen LogP contribution in [-0.4, -0.2) is 11.3 Å². The molecular weight excluding hydrogens is 179 g/mol. The summed E-state index contributed by atoms with van der Waals surface area (Å²) in [5, 5.41) is 12.4. The Morgan fingerprint density at radius 2 is 2.23 bits per heavy atom. The smallest absolute Gasteiger partial charge is 0.323 e. The number of nitrogens with zero attached hydrogens (tertiary/aromatic N) is 1. The van der Waals surface area contributed by atoms with Crippen molar-refractivity contribution < 1.29 is 14.1 Å². The highest BCUT2D eigenvalue weighted by molar-refractivity contribution is 5.77. The van der Waals surface area contributed by atoms with Crippen LogP contribution in [0.1, 0.15) is 0 Å². The van der Waals surface area contributed by atoms with Crippen LogP contribution in [0.5, 0.6) is 0 Å². The molecule has 0 spiro atoms. The number of nitro groups is 1. The molecule has 0 saturated carbocycles. The standard InChI is InChI=1S/C7H5FN2O3/c8-5-2-1-3-6(9-4-11)7(5)10(12)13/h1-4H,(H,9,11). The van der Waals surface area contributed by atoms with Crippen LogP contribution in [0.2, 0.25) is 0 Å². The van der Waals surface area contributed by atoms with E-state index in [1.54, 1.807) is 0 Å². The van der Waals surface area contributed by atoms with E-state index in [0.29, 0.717) is 0 Å². The highest BCUT2D eigenvalue weighted by Crippen LogP contribution is 2.26. The number of anilines is 1. The SMILES string of the molecule is O=CNc1cccc(F)c1[N+](=O)[O-]. The minimum absolute atomic E-state index is 0.153. The molecule has 0 atom stereocenters. The molecule has 0 bridgehead atoms. The maximum atomic E-state index is 12.8. The van der Waals surface area contributed by atoms with Crippen molar-refractivity contribution in [3.8, 4) is 0 Å². The van der Waals surface area contributed by atoms with Gasteiger partial charge in [-0.25, -0.2) is 0 Å². The van der Waals surface area contributed by atoms with Gasteiger partial charge in [-0.2, -0.15) is 4.39 Å². The summed E-state index contributed by atoms with van der Waals surface area (Å²) in [5.41, 5.74) is -0.880. The van der Waals surface area contributed by atoms with Gasteiger partial charge in [-0.15, -0.1) is 0 Å². The summed E-state index contributed by atoms with van der Waals surface area (Å²) in [6, 6.07) is 3.47. The Bertz CT molecular complexity index is 354. The second-order valence-corrected chi connectivity index (χ2v) is 2.16. The Hall–Kier alpha value is -1.98. The molecule has 0 radical (unpaired) electrons. The molecule has 0 aromatic heterocycles. The lowest BCUT2D eigenvalue weighted by molar-refractivity contribution is -0.386. The Labute approximate surface area is 72.3 Å². The first-order valence-corrected chi connectivity index (χ1v) is 3.30. The van der Waals surface area contributed by atoms with Gasteiger partial charge in [0.1, 0.15) is 5.69 Å². The van der Waals surface area contributed by atoms with Crippen LogP contribution >= 0.6 is 0 Å². The van der Waals surface area contributed by atoms with Crippen molar-refractivity contribution in [3.63, 3.8) is 0 Å². The van der Waals surface area contributed by atoms with E-state index >= 15 is 0 Å². The third-order valence-electron chi connectivity index (χ3n) is 1.38. The number of para-hydroxylation sites is 1. The van der Waals surface area contributed by atoms with Gasteiger partial charge in [-0.1, -0.05) is 6.07 Å². The lowest BCUT2D eigenvalue weighted by Crippen LogP contribution is -2.01. The summed E-state index contributed by atoms with van der Waals surface area (Å²) in [4.78, 5) is 19.4. The third kappa shape index (κ3) is 1.78. The molecule has 1 N–H and O–H groups in total. The number of hydrogen-bond acceptors (Lipinski definition) is 3. The summed E-state index contributed by atoms with van der Waals surface area (Å²) in [6.45, 7) is 0. The van der Waals surface area contributed by atoms with Crippen LogP contribution < -0.4 is 5.32 Å². The fourth-order valence-electron chi connectivity index (χ4n) is 0.881. The van der Waals surface area contributed by atoms with Gasteiger partial charge in [0.15, 0.2) is 0 Å². The fraction of sp³-hybridized carbons (Fsp3) is 0. The summed E-state index contributed by atoms with van der Waals surface area (Å²) < 4.78 is 12.8. The lowest BCUT2D eigenvalue weighted by atomic mass is 10.2. The second-order valence-electron chi connectivity index (χ2n) is 2.16. The Balaban J connectivity index is 3.25. The predicted molar refractivity (Wildman–Crippen MR) is 42.7 cm³/mol. The molecular formula is C7H5FN2O3. The van der Waals surface area contributed by atoms with Gasteiger partial charge in [-0.3, -0.25) is 14.9 Å². The van der Waals surface area contributed by atoms with Crippen LogP contribution in [-0.2, 0) is 4.79 Å². The van der Waals surface area contributed by atoms with Gasteiger partial charge in [0.05, 0.1) is 4.92 Å². The van der Waals surface area contributed by atoms with Gasteiger partial charge >= 0.3 is 5.69 Å². The average molecular weight is 184 g/mol. The number of amides is 1. The second kappa shape index (κ2) is 3.61. The first kappa shape index (κ1) is 9.11. The highest BCUT2D eigenvalue weighted by atomic mass is 19.1. The van der Waals surface area contributed by atoms with Gasteiger partial charge < -0.3 is 5.32 Å². The molecule has 68 valence electrons. The lowest BCUT2D eigenvalue weighted by Gasteiger charge is -2.00. The number of nitrogens with one attached hydrogen (secondary N) is 1. The maximum absolute atomic E-state index is 12.8. The zero-order chi connectivity index (χ0) is 9.84. The fourth-order valence-corrected chi connectivity index (χ4v) is 0.881. The van der Waals surface area contributed by atoms with E-state index in [9.17, 15) is 19.3 Å². The molecule has 6 heteroatoms. The van der Waals surface area contributed by atoms with Crippen LogP contribution in [0.15, 0.2) is 18.2 Å². The number of benzene rings is 1. The van der Waals surface area contributed by atoms with Crippen molar-refractivity contribution in [2.45, 2.75) is 0 Å². The third-order valence-corrected chi connectivity index (χ3v) is 1.38. The molecule has 5 nitrogen and oxygen atoms in total. The number of nitro benzene ring substituents is 1. The number of carbonyl (C=O) groups excluding carboxylic acids is 1. The van der Waals surface area contributed by atoms with Crippen molar-refractivity contribution >= 4 is 17.8 Å². The molecule has 0 heterocycles. The topological polar surface area (TPSA) is 72.2 Å². The number of rotatable bonds is 3. The maximum Gasteiger partial charge on any atom is 0.328 e. The number of carbonyl (C=O) groups is 1. The van der Waals surface area contributed by atoms with Gasteiger partial charge in [0.25, 0.3) is 0 Å². The van der Waals surface area contributed by atoms with Crippen molar-refractivity contribution in [2.75, 3.05) is 5.32 Å². The Morgan fingerprint density at radius 1 is 1.54 bits per heavy atom. The van der Waals surface area contributed by atoms with E-state index in [1.165, 1.54) is 12.1 Å². The molecule has 1 aromatic rings. The van der Waals surface area contributed by atoms with E-state index in [2.05, 4.69) is 0 Å². The molecule has 0 aliphatic heterocycles.